The Hall–Kier alpha value is -3.06. The minimum Gasteiger partial charge on any atom is -0.508 e. The van der Waals surface area contributed by atoms with Gasteiger partial charge in [0.05, 0.1) is 6.54 Å². The maximum absolute atomic E-state index is 13.2. The number of likely N-dealkylation sites (tertiary alicyclic amines) is 1. The van der Waals surface area contributed by atoms with E-state index in [1.165, 1.54) is 7.11 Å². The molecule has 4 rings (SSSR count). The summed E-state index contributed by atoms with van der Waals surface area (Å²) in [6, 6.07) is 16.8. The van der Waals surface area contributed by atoms with Gasteiger partial charge in [-0.05, 0) is 30.2 Å². The van der Waals surface area contributed by atoms with Gasteiger partial charge in [0.25, 0.3) is 0 Å². The van der Waals surface area contributed by atoms with Gasteiger partial charge in [0.1, 0.15) is 23.5 Å². The van der Waals surface area contributed by atoms with E-state index in [1.54, 1.807) is 21.9 Å². The number of nitrogens with zero attached hydrogens (tertiary/aromatic N) is 2. The Balaban J connectivity index is 1.68. The van der Waals surface area contributed by atoms with Crippen molar-refractivity contribution in [3.8, 4) is 5.75 Å². The number of methoxy groups -OCH3 is 1. The van der Waals surface area contributed by atoms with Crippen molar-refractivity contribution < 1.29 is 24.2 Å². The summed E-state index contributed by atoms with van der Waals surface area (Å²) in [6.07, 6.45) is 0.730. The van der Waals surface area contributed by atoms with Crippen LogP contribution in [0, 0.1) is 0 Å². The molecule has 2 aliphatic rings. The fourth-order valence-corrected chi connectivity index (χ4v) is 4.86. The first-order valence-electron chi connectivity index (χ1n) is 10.5. The lowest BCUT2D eigenvalue weighted by Gasteiger charge is -2.48. The Morgan fingerprint density at radius 2 is 1.74 bits per heavy atom. The van der Waals surface area contributed by atoms with Crippen LogP contribution in [0.5, 0.6) is 5.75 Å². The number of piperidine rings is 1. The number of carbonyl (C=O) groups is 2. The molecule has 2 fully saturated rings. The molecule has 2 amide bonds. The average molecular weight is 424 g/mol. The summed E-state index contributed by atoms with van der Waals surface area (Å²) in [6.45, 7) is 3.48. The van der Waals surface area contributed by atoms with Crippen LogP contribution in [-0.4, -0.2) is 59.3 Å². The number of rotatable bonds is 5. The molecule has 2 saturated heterocycles. The second kappa shape index (κ2) is 8.23. The van der Waals surface area contributed by atoms with Crippen molar-refractivity contribution in [2.45, 2.75) is 37.5 Å². The van der Waals surface area contributed by atoms with E-state index in [4.69, 9.17) is 9.47 Å². The Labute approximate surface area is 182 Å². The molecule has 0 bridgehead atoms. The minimum absolute atomic E-state index is 0.0513. The van der Waals surface area contributed by atoms with Crippen LogP contribution in [0.1, 0.15) is 30.9 Å². The number of phenols is 1. The van der Waals surface area contributed by atoms with Crippen molar-refractivity contribution in [3.63, 3.8) is 0 Å². The van der Waals surface area contributed by atoms with E-state index in [-0.39, 0.29) is 24.4 Å². The third-order valence-electron chi connectivity index (χ3n) is 6.73. The molecule has 0 aromatic heterocycles. The maximum Gasteiger partial charge on any atom is 0.411 e. The molecule has 7 heteroatoms. The fourth-order valence-electron chi connectivity index (χ4n) is 4.86. The van der Waals surface area contributed by atoms with Crippen LogP contribution in [0.25, 0.3) is 0 Å². The Bertz CT molecular complexity index is 938. The zero-order valence-electron chi connectivity index (χ0n) is 17.9. The summed E-state index contributed by atoms with van der Waals surface area (Å²) in [4.78, 5) is 29.0. The molecule has 0 saturated carbocycles. The normalized spacial score (nSPS) is 22.6. The van der Waals surface area contributed by atoms with E-state index in [2.05, 4.69) is 6.92 Å². The number of aromatic hydroxyl groups is 1. The van der Waals surface area contributed by atoms with E-state index >= 15 is 0 Å². The lowest BCUT2D eigenvalue weighted by Crippen LogP contribution is -2.59. The van der Waals surface area contributed by atoms with Gasteiger partial charge in [-0.15, -0.1) is 0 Å². The van der Waals surface area contributed by atoms with Crippen molar-refractivity contribution >= 4 is 12.0 Å². The van der Waals surface area contributed by atoms with Crippen LogP contribution in [0.15, 0.2) is 54.6 Å². The monoisotopic (exact) mass is 424 g/mol. The van der Waals surface area contributed by atoms with E-state index in [0.29, 0.717) is 32.5 Å². The third kappa shape index (κ3) is 3.63. The molecule has 164 valence electrons. The van der Waals surface area contributed by atoms with Gasteiger partial charge in [-0.25, -0.2) is 4.79 Å². The number of ether oxygens (including phenoxy) is 2. The molecule has 0 aliphatic carbocycles. The smallest absolute Gasteiger partial charge is 0.411 e. The predicted molar refractivity (Wildman–Crippen MR) is 114 cm³/mol. The van der Waals surface area contributed by atoms with Crippen molar-refractivity contribution in [2.75, 3.05) is 26.8 Å². The fraction of sp³-hybridized carbons (Fsp3) is 0.417. The van der Waals surface area contributed by atoms with Crippen molar-refractivity contribution in [1.29, 1.82) is 0 Å². The third-order valence-corrected chi connectivity index (χ3v) is 6.73. The van der Waals surface area contributed by atoms with Crippen molar-refractivity contribution in [3.05, 3.63) is 65.7 Å². The van der Waals surface area contributed by atoms with Gasteiger partial charge < -0.3 is 19.5 Å². The van der Waals surface area contributed by atoms with Crippen LogP contribution in [0.2, 0.25) is 0 Å². The second-order valence-corrected chi connectivity index (χ2v) is 8.37. The molecule has 1 atom stereocenters. The van der Waals surface area contributed by atoms with Crippen LogP contribution < -0.4 is 0 Å². The molecule has 2 aromatic carbocycles. The van der Waals surface area contributed by atoms with E-state index in [1.807, 2.05) is 42.5 Å². The summed E-state index contributed by atoms with van der Waals surface area (Å²) >= 11 is 0. The molecule has 1 unspecified atom stereocenters. The quantitative estimate of drug-likeness (QED) is 0.797. The second-order valence-electron chi connectivity index (χ2n) is 8.37. The Morgan fingerprint density at radius 3 is 2.35 bits per heavy atom. The topological polar surface area (TPSA) is 79.3 Å². The highest BCUT2D eigenvalue weighted by Gasteiger charge is 2.63. The summed E-state index contributed by atoms with van der Waals surface area (Å²) < 4.78 is 11.1. The minimum atomic E-state index is -0.744. The Morgan fingerprint density at radius 1 is 1.10 bits per heavy atom. The summed E-state index contributed by atoms with van der Waals surface area (Å²) in [5.74, 6) is 0.132. The molecule has 1 spiro atoms. The summed E-state index contributed by atoms with van der Waals surface area (Å²) in [5.41, 5.74) is 0.448. The van der Waals surface area contributed by atoms with E-state index < -0.39 is 11.1 Å². The van der Waals surface area contributed by atoms with Gasteiger partial charge in [0, 0.05) is 33.0 Å². The first-order chi connectivity index (χ1) is 14.9. The molecule has 1 N–H and O–H groups in total. The highest BCUT2D eigenvalue weighted by atomic mass is 16.6. The number of carbonyl (C=O) groups excluding carboxylic acids is 2. The lowest BCUT2D eigenvalue weighted by molar-refractivity contribution is -0.140. The number of amides is 2. The molecule has 2 heterocycles. The Kier molecular flexibility index (Phi) is 5.62. The molecule has 2 aromatic rings. The van der Waals surface area contributed by atoms with Crippen molar-refractivity contribution in [2.24, 2.45) is 0 Å². The lowest BCUT2D eigenvalue weighted by atomic mass is 9.70. The van der Waals surface area contributed by atoms with Gasteiger partial charge in [0.2, 0.25) is 5.91 Å². The zero-order valence-corrected chi connectivity index (χ0v) is 17.9. The van der Waals surface area contributed by atoms with Gasteiger partial charge in [0.15, 0.2) is 0 Å². The van der Waals surface area contributed by atoms with E-state index in [0.717, 1.165) is 11.1 Å². The van der Waals surface area contributed by atoms with Gasteiger partial charge in [-0.2, -0.15) is 0 Å². The molecule has 7 nitrogen and oxygen atoms in total. The largest absolute Gasteiger partial charge is 0.508 e. The van der Waals surface area contributed by atoms with Crippen molar-refractivity contribution in [1.82, 2.24) is 9.80 Å². The number of phenolic OH excluding ortho intramolecular Hbond substituents is 1. The van der Waals surface area contributed by atoms with Crippen LogP contribution in [0.3, 0.4) is 0 Å². The SMILES string of the molecule is COCC(=O)N1CCC2(CC1)OC(=O)N(Cc1ccc(O)cc1)C2(C)c1ccccc1. The van der Waals surface area contributed by atoms with Crippen LogP contribution in [0.4, 0.5) is 4.79 Å². The average Bonchev–Trinajstić information content (AvgIpc) is 2.98. The standard InChI is InChI=1S/C24H28N2O5/c1-23(19-6-4-3-5-7-19)24(12-14-25(15-13-24)21(28)17-30-2)31-22(29)26(23)16-18-8-10-20(27)11-9-18/h3-11,27H,12-17H2,1-2H3. The molecular weight excluding hydrogens is 396 g/mol. The first-order valence-corrected chi connectivity index (χ1v) is 10.5. The molecule has 2 aliphatic heterocycles. The first kappa shape index (κ1) is 21.2. The molecule has 0 radical (unpaired) electrons. The molecular formula is C24H28N2O5. The van der Waals surface area contributed by atoms with Crippen LogP contribution in [-0.2, 0) is 26.4 Å². The highest BCUT2D eigenvalue weighted by Crippen LogP contribution is 2.52. The van der Waals surface area contributed by atoms with Gasteiger partial charge >= 0.3 is 6.09 Å². The van der Waals surface area contributed by atoms with Gasteiger partial charge in [-0.3, -0.25) is 9.69 Å². The maximum atomic E-state index is 13.2. The number of hydrogen-bond donors (Lipinski definition) is 1. The van der Waals surface area contributed by atoms with E-state index in [9.17, 15) is 14.7 Å². The number of hydrogen-bond acceptors (Lipinski definition) is 5. The predicted octanol–water partition coefficient (Wildman–Crippen LogP) is 3.27. The number of benzene rings is 2. The zero-order chi connectivity index (χ0) is 22.1. The van der Waals surface area contributed by atoms with Crippen LogP contribution >= 0.6 is 0 Å². The summed E-state index contributed by atoms with van der Waals surface area (Å²) in [7, 11) is 1.51. The summed E-state index contributed by atoms with van der Waals surface area (Å²) in [5, 5.41) is 9.61. The highest BCUT2D eigenvalue weighted by molar-refractivity contribution is 5.78. The van der Waals surface area contributed by atoms with Gasteiger partial charge in [-0.1, -0.05) is 42.5 Å². The molecule has 31 heavy (non-hydrogen) atoms.